The number of hydrogen-bond acceptors (Lipinski definition) is 6. The van der Waals surface area contributed by atoms with E-state index in [0.29, 0.717) is 16.7 Å². The smallest absolute Gasteiger partial charge is 0.396 e. The third-order valence-electron chi connectivity index (χ3n) is 4.96. The van der Waals surface area contributed by atoms with Gasteiger partial charge in [0.05, 0.1) is 13.0 Å². The van der Waals surface area contributed by atoms with E-state index in [1.165, 1.54) is 24.2 Å². The Balaban J connectivity index is 1.73. The standard InChI is InChI=1S/C20H23N3O4S/c1-27-19(26)18(25)22-15-8-6-14(7-9-15)16(12-13-4-2-3-5-13)17(24)23-20-21-10-11-28-20/h6-11,13,16H,2-5,12H2,1H3,(H,22,25)(H,21,23,24). The fraction of sp³-hybridized carbons (Fsp3) is 0.400. The number of methoxy groups -OCH3 is 1. The summed E-state index contributed by atoms with van der Waals surface area (Å²) in [7, 11) is 1.15. The van der Waals surface area contributed by atoms with Gasteiger partial charge in [0.25, 0.3) is 0 Å². The molecule has 28 heavy (non-hydrogen) atoms. The number of anilines is 2. The Hall–Kier alpha value is -2.74. The molecule has 1 aliphatic rings. The molecule has 2 N–H and O–H groups in total. The first-order valence-corrected chi connectivity index (χ1v) is 10.1. The molecular weight excluding hydrogens is 378 g/mol. The number of ether oxygens (including phenoxy) is 1. The molecule has 7 nitrogen and oxygen atoms in total. The minimum atomic E-state index is -0.953. The van der Waals surface area contributed by atoms with Gasteiger partial charge >= 0.3 is 11.9 Å². The van der Waals surface area contributed by atoms with Crippen LogP contribution < -0.4 is 10.6 Å². The van der Waals surface area contributed by atoms with Crippen molar-refractivity contribution in [3.63, 3.8) is 0 Å². The zero-order valence-corrected chi connectivity index (χ0v) is 16.5. The van der Waals surface area contributed by atoms with Crippen LogP contribution in [0, 0.1) is 5.92 Å². The van der Waals surface area contributed by atoms with E-state index >= 15 is 0 Å². The first kappa shape index (κ1) is 20.0. The quantitative estimate of drug-likeness (QED) is 0.570. The summed E-state index contributed by atoms with van der Waals surface area (Å²) in [5.41, 5.74) is 1.34. The van der Waals surface area contributed by atoms with Gasteiger partial charge in [0.2, 0.25) is 5.91 Å². The average molecular weight is 401 g/mol. The number of esters is 1. The molecule has 1 aliphatic carbocycles. The van der Waals surface area contributed by atoms with E-state index in [-0.39, 0.29) is 11.8 Å². The Labute approximate surface area is 167 Å². The molecule has 148 valence electrons. The molecule has 0 saturated heterocycles. The summed E-state index contributed by atoms with van der Waals surface area (Å²) in [4.78, 5) is 39.9. The molecule has 1 fully saturated rings. The molecule has 1 heterocycles. The van der Waals surface area contributed by atoms with E-state index in [1.54, 1.807) is 18.3 Å². The van der Waals surface area contributed by atoms with Gasteiger partial charge in [0.1, 0.15) is 0 Å². The molecule has 0 aliphatic heterocycles. The molecule has 8 heteroatoms. The van der Waals surface area contributed by atoms with Crippen molar-refractivity contribution in [2.75, 3.05) is 17.7 Å². The van der Waals surface area contributed by atoms with Crippen LogP contribution in [0.3, 0.4) is 0 Å². The number of aromatic nitrogens is 1. The van der Waals surface area contributed by atoms with E-state index in [0.717, 1.165) is 31.9 Å². The number of amides is 2. The highest BCUT2D eigenvalue weighted by Crippen LogP contribution is 2.35. The van der Waals surface area contributed by atoms with Gasteiger partial charge in [-0.25, -0.2) is 9.78 Å². The Kier molecular flexibility index (Phi) is 6.76. The molecule has 0 radical (unpaired) electrons. The van der Waals surface area contributed by atoms with Crippen LogP contribution in [0.5, 0.6) is 0 Å². The van der Waals surface area contributed by atoms with Crippen LogP contribution in [0.25, 0.3) is 0 Å². The first-order valence-electron chi connectivity index (χ1n) is 9.26. The largest absolute Gasteiger partial charge is 0.462 e. The fourth-order valence-corrected chi connectivity index (χ4v) is 4.06. The van der Waals surface area contributed by atoms with Gasteiger partial charge in [-0.3, -0.25) is 9.59 Å². The minimum absolute atomic E-state index is 0.0757. The van der Waals surface area contributed by atoms with Crippen molar-refractivity contribution >= 4 is 39.9 Å². The topological polar surface area (TPSA) is 97.4 Å². The van der Waals surface area contributed by atoms with Gasteiger partial charge < -0.3 is 15.4 Å². The molecule has 3 rings (SSSR count). The molecule has 1 atom stereocenters. The van der Waals surface area contributed by atoms with Gasteiger partial charge in [-0.15, -0.1) is 11.3 Å². The lowest BCUT2D eigenvalue weighted by atomic mass is 9.87. The van der Waals surface area contributed by atoms with E-state index in [1.807, 2.05) is 17.5 Å². The SMILES string of the molecule is COC(=O)C(=O)Nc1ccc(C(CC2CCCC2)C(=O)Nc2nccs2)cc1. The van der Waals surface area contributed by atoms with Crippen LogP contribution in [0.1, 0.15) is 43.6 Å². The van der Waals surface area contributed by atoms with Crippen LogP contribution in [0.4, 0.5) is 10.8 Å². The highest BCUT2D eigenvalue weighted by atomic mass is 32.1. The van der Waals surface area contributed by atoms with Crippen molar-refractivity contribution in [2.45, 2.75) is 38.0 Å². The number of rotatable bonds is 6. The van der Waals surface area contributed by atoms with Crippen LogP contribution in [0.15, 0.2) is 35.8 Å². The predicted octanol–water partition coefficient (Wildman–Crippen LogP) is 3.56. The van der Waals surface area contributed by atoms with Gasteiger partial charge in [0, 0.05) is 17.3 Å². The molecule has 1 unspecified atom stereocenters. The Bertz CT molecular complexity index is 814. The molecule has 1 saturated carbocycles. The van der Waals surface area contributed by atoms with Crippen molar-refractivity contribution in [3.8, 4) is 0 Å². The van der Waals surface area contributed by atoms with Gasteiger partial charge in [-0.1, -0.05) is 37.8 Å². The minimum Gasteiger partial charge on any atom is -0.462 e. The molecular formula is C20H23N3O4S. The third kappa shape index (κ3) is 5.16. The summed E-state index contributed by atoms with van der Waals surface area (Å²) in [6, 6.07) is 7.00. The van der Waals surface area contributed by atoms with Crippen molar-refractivity contribution in [1.29, 1.82) is 0 Å². The third-order valence-corrected chi connectivity index (χ3v) is 5.65. The summed E-state index contributed by atoms with van der Waals surface area (Å²) >= 11 is 1.39. The molecule has 2 amide bonds. The zero-order valence-electron chi connectivity index (χ0n) is 15.6. The summed E-state index contributed by atoms with van der Waals surface area (Å²) in [6.07, 6.45) is 7.16. The van der Waals surface area contributed by atoms with Crippen molar-refractivity contribution in [2.24, 2.45) is 5.92 Å². The monoisotopic (exact) mass is 401 g/mol. The lowest BCUT2D eigenvalue weighted by Gasteiger charge is -2.20. The van der Waals surface area contributed by atoms with Crippen molar-refractivity contribution in [1.82, 2.24) is 4.98 Å². The van der Waals surface area contributed by atoms with E-state index in [4.69, 9.17) is 0 Å². The lowest BCUT2D eigenvalue weighted by molar-refractivity contribution is -0.150. The van der Waals surface area contributed by atoms with Crippen LogP contribution in [-0.4, -0.2) is 29.9 Å². The number of carbonyl (C=O) groups excluding carboxylic acids is 3. The predicted molar refractivity (Wildman–Crippen MR) is 107 cm³/mol. The zero-order chi connectivity index (χ0) is 19.9. The highest BCUT2D eigenvalue weighted by molar-refractivity contribution is 7.13. The summed E-state index contributed by atoms with van der Waals surface area (Å²) < 4.78 is 4.39. The van der Waals surface area contributed by atoms with Crippen molar-refractivity contribution in [3.05, 3.63) is 41.4 Å². The highest BCUT2D eigenvalue weighted by Gasteiger charge is 2.27. The molecule has 2 aromatic rings. The van der Waals surface area contributed by atoms with Crippen LogP contribution in [0.2, 0.25) is 0 Å². The summed E-state index contributed by atoms with van der Waals surface area (Å²) in [6.45, 7) is 0. The van der Waals surface area contributed by atoms with Gasteiger partial charge in [-0.2, -0.15) is 0 Å². The van der Waals surface area contributed by atoms with E-state index < -0.39 is 11.9 Å². The van der Waals surface area contributed by atoms with Gasteiger partial charge in [0.15, 0.2) is 5.13 Å². The first-order chi connectivity index (χ1) is 13.6. The van der Waals surface area contributed by atoms with Crippen molar-refractivity contribution < 1.29 is 19.1 Å². The maximum atomic E-state index is 12.9. The maximum Gasteiger partial charge on any atom is 0.396 e. The molecule has 0 spiro atoms. The number of carbonyl (C=O) groups is 3. The normalized spacial score (nSPS) is 15.0. The van der Waals surface area contributed by atoms with Crippen LogP contribution >= 0.6 is 11.3 Å². The molecule has 0 bridgehead atoms. The number of thiazole rings is 1. The number of nitrogens with one attached hydrogen (secondary N) is 2. The second-order valence-corrected chi connectivity index (χ2v) is 7.73. The number of hydrogen-bond donors (Lipinski definition) is 2. The maximum absolute atomic E-state index is 12.9. The summed E-state index contributed by atoms with van der Waals surface area (Å²) in [5, 5.41) is 7.78. The average Bonchev–Trinajstić information content (AvgIpc) is 3.40. The lowest BCUT2D eigenvalue weighted by Crippen LogP contribution is -2.24. The molecule has 1 aromatic carbocycles. The number of benzene rings is 1. The van der Waals surface area contributed by atoms with E-state index in [9.17, 15) is 14.4 Å². The second-order valence-electron chi connectivity index (χ2n) is 6.83. The second kappa shape index (κ2) is 9.45. The summed E-state index contributed by atoms with van der Waals surface area (Å²) in [5.74, 6) is -1.62. The Morgan fingerprint density at radius 1 is 1.18 bits per heavy atom. The van der Waals surface area contributed by atoms with Gasteiger partial charge in [-0.05, 0) is 30.0 Å². The van der Waals surface area contributed by atoms with E-state index in [2.05, 4.69) is 20.4 Å². The fourth-order valence-electron chi connectivity index (χ4n) is 3.53. The Morgan fingerprint density at radius 2 is 1.89 bits per heavy atom. The van der Waals surface area contributed by atoms with Crippen LogP contribution in [-0.2, 0) is 19.1 Å². The Morgan fingerprint density at radius 3 is 2.50 bits per heavy atom. The number of nitrogens with zero attached hydrogens (tertiary/aromatic N) is 1. The molecule has 1 aromatic heterocycles.